The molecule has 20 heavy (non-hydrogen) atoms. The molecule has 0 amide bonds. The highest BCUT2D eigenvalue weighted by Gasteiger charge is 2.08. The minimum absolute atomic E-state index is 0.525. The Morgan fingerprint density at radius 1 is 1.40 bits per heavy atom. The molecule has 0 unspecified atom stereocenters. The highest BCUT2D eigenvalue weighted by atomic mass is 79.9. The van der Waals surface area contributed by atoms with Gasteiger partial charge in [0.2, 0.25) is 0 Å². The number of nitrogens with one attached hydrogen (secondary N) is 1. The van der Waals surface area contributed by atoms with E-state index in [1.165, 1.54) is 0 Å². The molecule has 0 saturated heterocycles. The number of rotatable bonds is 7. The first-order valence-electron chi connectivity index (χ1n) is 6.79. The summed E-state index contributed by atoms with van der Waals surface area (Å²) in [6, 6.07) is 6.12. The Bertz CT molecular complexity index is 554. The summed E-state index contributed by atoms with van der Waals surface area (Å²) in [4.78, 5) is 0. The summed E-state index contributed by atoms with van der Waals surface area (Å²) >= 11 is 3.56. The van der Waals surface area contributed by atoms with Crippen molar-refractivity contribution in [2.45, 2.75) is 26.5 Å². The van der Waals surface area contributed by atoms with Crippen molar-refractivity contribution in [2.24, 2.45) is 7.05 Å². The second-order valence-corrected chi connectivity index (χ2v) is 5.57. The SMILES string of the molecule is CCCNCc1cccc(Br)c1OCc1cnn(C)c1. The van der Waals surface area contributed by atoms with Crippen LogP contribution >= 0.6 is 15.9 Å². The molecule has 1 heterocycles. The molecule has 0 aliphatic carbocycles. The number of nitrogens with zero attached hydrogens (tertiary/aromatic N) is 2. The van der Waals surface area contributed by atoms with Gasteiger partial charge in [0, 0.05) is 30.9 Å². The lowest BCUT2D eigenvalue weighted by atomic mass is 10.2. The van der Waals surface area contributed by atoms with Crippen LogP contribution in [0.2, 0.25) is 0 Å². The molecule has 4 nitrogen and oxygen atoms in total. The van der Waals surface area contributed by atoms with Gasteiger partial charge in [-0.1, -0.05) is 19.1 Å². The molecule has 1 N–H and O–H groups in total. The van der Waals surface area contributed by atoms with E-state index >= 15 is 0 Å². The molecular weight excluding hydrogens is 318 g/mol. The Hall–Kier alpha value is -1.33. The van der Waals surface area contributed by atoms with Crippen LogP contribution in [0.5, 0.6) is 5.75 Å². The molecule has 0 aliphatic rings. The topological polar surface area (TPSA) is 39.1 Å². The molecule has 0 saturated carbocycles. The smallest absolute Gasteiger partial charge is 0.138 e. The lowest BCUT2D eigenvalue weighted by Crippen LogP contribution is -2.14. The van der Waals surface area contributed by atoms with Gasteiger partial charge in [-0.05, 0) is 35.0 Å². The molecule has 0 fully saturated rings. The number of aromatic nitrogens is 2. The second kappa shape index (κ2) is 7.45. The molecule has 2 rings (SSSR count). The Morgan fingerprint density at radius 3 is 2.95 bits per heavy atom. The normalized spacial score (nSPS) is 10.8. The molecule has 5 heteroatoms. The fourth-order valence-corrected chi connectivity index (χ4v) is 2.48. The van der Waals surface area contributed by atoms with E-state index in [0.717, 1.165) is 40.9 Å². The van der Waals surface area contributed by atoms with Gasteiger partial charge in [-0.25, -0.2) is 0 Å². The minimum atomic E-state index is 0.525. The summed E-state index contributed by atoms with van der Waals surface area (Å²) in [6.07, 6.45) is 4.91. The first-order valence-corrected chi connectivity index (χ1v) is 7.58. The van der Waals surface area contributed by atoms with Gasteiger partial charge in [0.1, 0.15) is 12.4 Å². The maximum atomic E-state index is 5.96. The van der Waals surface area contributed by atoms with Gasteiger partial charge in [0.05, 0.1) is 10.7 Å². The summed E-state index contributed by atoms with van der Waals surface area (Å²) in [5.41, 5.74) is 2.23. The van der Waals surface area contributed by atoms with Crippen LogP contribution in [0.15, 0.2) is 35.1 Å². The van der Waals surface area contributed by atoms with Crippen LogP contribution in [0.25, 0.3) is 0 Å². The van der Waals surface area contributed by atoms with Crippen LogP contribution in [0.4, 0.5) is 0 Å². The Labute approximate surface area is 128 Å². The van der Waals surface area contributed by atoms with E-state index in [2.05, 4.69) is 39.3 Å². The minimum Gasteiger partial charge on any atom is -0.487 e. The van der Waals surface area contributed by atoms with Gasteiger partial charge < -0.3 is 10.1 Å². The molecule has 108 valence electrons. The fourth-order valence-electron chi connectivity index (χ4n) is 1.96. The Morgan fingerprint density at radius 2 is 2.25 bits per heavy atom. The average Bonchev–Trinajstić information content (AvgIpc) is 2.84. The van der Waals surface area contributed by atoms with E-state index in [-0.39, 0.29) is 0 Å². The third-order valence-corrected chi connectivity index (χ3v) is 3.56. The predicted molar refractivity (Wildman–Crippen MR) is 83.7 cm³/mol. The fraction of sp³-hybridized carbons (Fsp3) is 0.400. The maximum absolute atomic E-state index is 5.96. The zero-order chi connectivity index (χ0) is 14.4. The van der Waals surface area contributed by atoms with Crippen molar-refractivity contribution < 1.29 is 4.74 Å². The molecule has 0 atom stereocenters. The van der Waals surface area contributed by atoms with E-state index in [9.17, 15) is 0 Å². The third kappa shape index (κ3) is 4.08. The van der Waals surface area contributed by atoms with Crippen molar-refractivity contribution in [1.29, 1.82) is 0 Å². The number of hydrogen-bond acceptors (Lipinski definition) is 3. The lowest BCUT2D eigenvalue weighted by molar-refractivity contribution is 0.300. The highest BCUT2D eigenvalue weighted by Crippen LogP contribution is 2.29. The summed E-state index contributed by atoms with van der Waals surface area (Å²) in [6.45, 7) is 4.51. The summed E-state index contributed by atoms with van der Waals surface area (Å²) < 4.78 is 8.72. The van der Waals surface area contributed by atoms with Crippen LogP contribution < -0.4 is 10.1 Å². The number of benzene rings is 1. The number of halogens is 1. The zero-order valence-electron chi connectivity index (χ0n) is 11.9. The molecule has 0 spiro atoms. The number of aryl methyl sites for hydroxylation is 1. The van der Waals surface area contributed by atoms with Crippen LogP contribution in [0, 0.1) is 0 Å². The second-order valence-electron chi connectivity index (χ2n) is 4.72. The van der Waals surface area contributed by atoms with E-state index < -0.39 is 0 Å². The van der Waals surface area contributed by atoms with Gasteiger partial charge in [0.25, 0.3) is 0 Å². The van der Waals surface area contributed by atoms with Crippen LogP contribution in [-0.2, 0) is 20.2 Å². The quantitative estimate of drug-likeness (QED) is 0.788. The van der Waals surface area contributed by atoms with Gasteiger partial charge in [-0.15, -0.1) is 0 Å². The maximum Gasteiger partial charge on any atom is 0.138 e. The monoisotopic (exact) mass is 337 g/mol. The Kier molecular flexibility index (Phi) is 5.61. The third-order valence-electron chi connectivity index (χ3n) is 2.93. The molecular formula is C15H20BrN3O. The van der Waals surface area contributed by atoms with Crippen LogP contribution in [0.3, 0.4) is 0 Å². The summed E-state index contributed by atoms with van der Waals surface area (Å²) in [5, 5.41) is 7.55. The van der Waals surface area contributed by atoms with Crippen molar-refractivity contribution in [3.05, 3.63) is 46.2 Å². The van der Waals surface area contributed by atoms with Crippen molar-refractivity contribution in [3.8, 4) is 5.75 Å². The first-order chi connectivity index (χ1) is 9.70. The van der Waals surface area contributed by atoms with E-state index in [1.54, 1.807) is 4.68 Å². The van der Waals surface area contributed by atoms with Crippen molar-refractivity contribution in [2.75, 3.05) is 6.54 Å². The summed E-state index contributed by atoms with van der Waals surface area (Å²) in [5.74, 6) is 0.903. The first kappa shape index (κ1) is 15.1. The molecule has 2 aromatic rings. The highest BCUT2D eigenvalue weighted by molar-refractivity contribution is 9.10. The molecule has 1 aromatic carbocycles. The molecule has 1 aromatic heterocycles. The van der Waals surface area contributed by atoms with Crippen molar-refractivity contribution in [3.63, 3.8) is 0 Å². The number of ether oxygens (including phenoxy) is 1. The number of para-hydroxylation sites is 1. The largest absolute Gasteiger partial charge is 0.487 e. The van der Waals surface area contributed by atoms with Gasteiger partial charge in [-0.2, -0.15) is 5.10 Å². The molecule has 0 radical (unpaired) electrons. The Balaban J connectivity index is 2.04. The van der Waals surface area contributed by atoms with Gasteiger partial charge >= 0.3 is 0 Å². The lowest BCUT2D eigenvalue weighted by Gasteiger charge is -2.13. The van der Waals surface area contributed by atoms with E-state index in [4.69, 9.17) is 4.74 Å². The molecule has 0 aliphatic heterocycles. The predicted octanol–water partition coefficient (Wildman–Crippen LogP) is 3.26. The van der Waals surface area contributed by atoms with Gasteiger partial charge in [-0.3, -0.25) is 4.68 Å². The standard InChI is InChI=1S/C15H20BrN3O/c1-3-7-17-9-13-5-4-6-14(16)15(13)20-11-12-8-18-19(2)10-12/h4-6,8,10,17H,3,7,9,11H2,1-2H3. The van der Waals surface area contributed by atoms with Crippen molar-refractivity contribution >= 4 is 15.9 Å². The van der Waals surface area contributed by atoms with Crippen LogP contribution in [0.1, 0.15) is 24.5 Å². The van der Waals surface area contributed by atoms with Crippen molar-refractivity contribution in [1.82, 2.24) is 15.1 Å². The molecule has 0 bridgehead atoms. The summed E-state index contributed by atoms with van der Waals surface area (Å²) in [7, 11) is 1.90. The van der Waals surface area contributed by atoms with Crippen LogP contribution in [-0.4, -0.2) is 16.3 Å². The van der Waals surface area contributed by atoms with E-state index in [0.29, 0.717) is 6.61 Å². The number of hydrogen-bond donors (Lipinski definition) is 1. The average molecular weight is 338 g/mol. The zero-order valence-corrected chi connectivity index (χ0v) is 13.5. The van der Waals surface area contributed by atoms with Gasteiger partial charge in [0.15, 0.2) is 0 Å². The van der Waals surface area contributed by atoms with E-state index in [1.807, 2.05) is 31.6 Å².